The van der Waals surface area contributed by atoms with Gasteiger partial charge in [0.2, 0.25) is 21.8 Å². The molecule has 7 nitrogen and oxygen atoms in total. The van der Waals surface area contributed by atoms with E-state index >= 15 is 0 Å². The average Bonchev–Trinajstić information content (AvgIpc) is 2.68. The van der Waals surface area contributed by atoms with Crippen molar-refractivity contribution in [2.75, 3.05) is 30.4 Å². The van der Waals surface area contributed by atoms with E-state index in [-0.39, 0.29) is 17.3 Å². The predicted molar refractivity (Wildman–Crippen MR) is 113 cm³/mol. The number of nitrogens with zero attached hydrogens (tertiary/aromatic N) is 2. The lowest BCUT2D eigenvalue weighted by atomic mass is 10.0. The first-order valence-corrected chi connectivity index (χ1v) is 10.9. The van der Waals surface area contributed by atoms with Crippen molar-refractivity contribution >= 4 is 44.8 Å². The minimum absolute atomic E-state index is 0.0717. The second-order valence-electron chi connectivity index (χ2n) is 6.88. The Morgan fingerprint density at radius 3 is 2.52 bits per heavy atom. The molecule has 2 aromatic carbocycles. The van der Waals surface area contributed by atoms with Crippen molar-refractivity contribution in [3.8, 4) is 0 Å². The van der Waals surface area contributed by atoms with Crippen LogP contribution in [0.2, 0.25) is 5.02 Å². The fraction of sp³-hybridized carbons (Fsp3) is 0.300. The zero-order valence-corrected chi connectivity index (χ0v) is 17.8. The molecule has 1 aliphatic rings. The molecule has 0 radical (unpaired) electrons. The van der Waals surface area contributed by atoms with Crippen LogP contribution < -0.4 is 10.2 Å². The Hall–Kier alpha value is -2.42. The lowest BCUT2D eigenvalue weighted by Gasteiger charge is -2.29. The van der Waals surface area contributed by atoms with Crippen molar-refractivity contribution in [2.45, 2.75) is 24.7 Å². The minimum Gasteiger partial charge on any atom is -0.325 e. The molecular formula is C20H22ClN3O4S. The molecule has 1 N–H and O–H groups in total. The van der Waals surface area contributed by atoms with Crippen LogP contribution in [0.5, 0.6) is 0 Å². The van der Waals surface area contributed by atoms with Gasteiger partial charge in [0.25, 0.3) is 0 Å². The van der Waals surface area contributed by atoms with Crippen LogP contribution in [0.3, 0.4) is 0 Å². The molecule has 154 valence electrons. The molecule has 0 saturated carbocycles. The van der Waals surface area contributed by atoms with Gasteiger partial charge in [0.1, 0.15) is 0 Å². The van der Waals surface area contributed by atoms with Crippen molar-refractivity contribution in [1.29, 1.82) is 0 Å². The molecule has 0 spiro atoms. The Balaban J connectivity index is 1.75. The number of fused-ring (bicyclic) bond motifs is 1. The van der Waals surface area contributed by atoms with Crippen LogP contribution in [0.4, 0.5) is 11.4 Å². The summed E-state index contributed by atoms with van der Waals surface area (Å²) in [5.41, 5.74) is 2.08. The first-order valence-electron chi connectivity index (χ1n) is 9.11. The summed E-state index contributed by atoms with van der Waals surface area (Å²) < 4.78 is 26.8. The van der Waals surface area contributed by atoms with Gasteiger partial charge >= 0.3 is 0 Å². The molecule has 0 bridgehead atoms. The standard InChI is InChI=1S/C20H22ClN3O4S/c1-14(25)24-11-3-4-15-12-18(9-10-19(15)24)29(27,28)23(2)13-20(26)22-17-7-5-16(21)6-8-17/h5-10,12H,3-4,11,13H2,1-2H3,(H,22,26). The lowest BCUT2D eigenvalue weighted by molar-refractivity contribution is -0.117. The average molecular weight is 436 g/mol. The van der Waals surface area contributed by atoms with E-state index in [1.165, 1.54) is 20.0 Å². The van der Waals surface area contributed by atoms with Crippen LogP contribution in [-0.2, 0) is 26.0 Å². The Labute approximate surface area is 175 Å². The van der Waals surface area contributed by atoms with E-state index < -0.39 is 15.9 Å². The number of nitrogens with one attached hydrogen (secondary N) is 1. The number of benzene rings is 2. The molecule has 0 fully saturated rings. The van der Waals surface area contributed by atoms with Crippen LogP contribution >= 0.6 is 11.6 Å². The van der Waals surface area contributed by atoms with Gasteiger partial charge < -0.3 is 10.2 Å². The summed E-state index contributed by atoms with van der Waals surface area (Å²) in [6, 6.07) is 11.3. The number of sulfonamides is 1. The number of hydrogen-bond donors (Lipinski definition) is 1. The normalized spacial score (nSPS) is 13.9. The number of halogens is 1. The number of rotatable bonds is 5. The number of anilines is 2. The van der Waals surface area contributed by atoms with Gasteiger partial charge in [-0.2, -0.15) is 4.31 Å². The molecule has 29 heavy (non-hydrogen) atoms. The molecule has 2 amide bonds. The Morgan fingerprint density at radius 2 is 1.86 bits per heavy atom. The van der Waals surface area contributed by atoms with Gasteiger partial charge in [0.05, 0.1) is 11.4 Å². The summed E-state index contributed by atoms with van der Waals surface area (Å²) in [5.74, 6) is -0.531. The zero-order chi connectivity index (χ0) is 21.2. The Kier molecular flexibility index (Phi) is 6.26. The molecule has 0 aromatic heterocycles. The molecule has 3 rings (SSSR count). The highest BCUT2D eigenvalue weighted by atomic mass is 35.5. The molecule has 0 aliphatic carbocycles. The number of amides is 2. The monoisotopic (exact) mass is 435 g/mol. The topological polar surface area (TPSA) is 86.8 Å². The number of hydrogen-bond acceptors (Lipinski definition) is 4. The summed E-state index contributed by atoms with van der Waals surface area (Å²) >= 11 is 5.82. The maximum atomic E-state index is 12.9. The predicted octanol–water partition coefficient (Wildman–Crippen LogP) is 2.90. The van der Waals surface area contributed by atoms with Crippen LogP contribution in [-0.4, -0.2) is 44.7 Å². The van der Waals surface area contributed by atoms with Gasteiger partial charge in [0.15, 0.2) is 0 Å². The van der Waals surface area contributed by atoms with E-state index in [2.05, 4.69) is 5.32 Å². The lowest BCUT2D eigenvalue weighted by Crippen LogP contribution is -2.36. The SMILES string of the molecule is CC(=O)N1CCCc2cc(S(=O)(=O)N(C)CC(=O)Nc3ccc(Cl)cc3)ccc21. The zero-order valence-electron chi connectivity index (χ0n) is 16.2. The van der Waals surface area contributed by atoms with E-state index in [9.17, 15) is 18.0 Å². The quantitative estimate of drug-likeness (QED) is 0.782. The van der Waals surface area contributed by atoms with Crippen LogP contribution in [0, 0.1) is 0 Å². The van der Waals surface area contributed by atoms with E-state index in [4.69, 9.17) is 11.6 Å². The van der Waals surface area contributed by atoms with Gasteiger partial charge in [-0.25, -0.2) is 8.42 Å². The second-order valence-corrected chi connectivity index (χ2v) is 9.36. The molecule has 0 saturated heterocycles. The molecule has 1 heterocycles. The molecule has 2 aromatic rings. The van der Waals surface area contributed by atoms with Crippen LogP contribution in [0.1, 0.15) is 18.9 Å². The van der Waals surface area contributed by atoms with Gasteiger partial charge in [0, 0.05) is 36.9 Å². The summed E-state index contributed by atoms with van der Waals surface area (Å²) in [6.45, 7) is 1.79. The second kappa shape index (κ2) is 8.52. The fourth-order valence-corrected chi connectivity index (χ4v) is 4.57. The number of carbonyl (C=O) groups excluding carboxylic acids is 2. The van der Waals surface area contributed by atoms with Gasteiger partial charge in [-0.05, 0) is 60.9 Å². The van der Waals surface area contributed by atoms with Crippen LogP contribution in [0.15, 0.2) is 47.4 Å². The van der Waals surface area contributed by atoms with E-state index in [0.717, 1.165) is 22.0 Å². The summed E-state index contributed by atoms with van der Waals surface area (Å²) in [5, 5.41) is 3.18. The van der Waals surface area contributed by atoms with E-state index in [0.29, 0.717) is 23.7 Å². The molecule has 1 aliphatic heterocycles. The summed E-state index contributed by atoms with van der Waals surface area (Å²) in [4.78, 5) is 25.8. The number of carbonyl (C=O) groups is 2. The smallest absolute Gasteiger partial charge is 0.243 e. The Morgan fingerprint density at radius 1 is 1.17 bits per heavy atom. The number of aryl methyl sites for hydroxylation is 1. The van der Waals surface area contributed by atoms with E-state index in [1.807, 2.05) is 0 Å². The molecule has 0 atom stereocenters. The Bertz CT molecular complexity index is 1040. The molecular weight excluding hydrogens is 414 g/mol. The van der Waals surface area contributed by atoms with Crippen LogP contribution in [0.25, 0.3) is 0 Å². The fourth-order valence-electron chi connectivity index (χ4n) is 3.26. The largest absolute Gasteiger partial charge is 0.325 e. The van der Waals surface area contributed by atoms with Crippen molar-refractivity contribution in [1.82, 2.24) is 4.31 Å². The third-order valence-corrected chi connectivity index (χ3v) is 6.80. The minimum atomic E-state index is -3.86. The van der Waals surface area contributed by atoms with Gasteiger partial charge in [-0.15, -0.1) is 0 Å². The number of likely N-dealkylation sites (N-methyl/N-ethyl adjacent to an activating group) is 1. The third-order valence-electron chi connectivity index (χ3n) is 4.75. The highest BCUT2D eigenvalue weighted by molar-refractivity contribution is 7.89. The van der Waals surface area contributed by atoms with Crippen molar-refractivity contribution in [2.24, 2.45) is 0 Å². The maximum Gasteiger partial charge on any atom is 0.243 e. The van der Waals surface area contributed by atoms with Crippen molar-refractivity contribution in [3.63, 3.8) is 0 Å². The summed E-state index contributed by atoms with van der Waals surface area (Å²) in [6.07, 6.45) is 1.47. The highest BCUT2D eigenvalue weighted by Gasteiger charge is 2.26. The van der Waals surface area contributed by atoms with E-state index in [1.54, 1.807) is 41.3 Å². The van der Waals surface area contributed by atoms with Crippen molar-refractivity contribution in [3.05, 3.63) is 53.1 Å². The first kappa shape index (κ1) is 21.3. The van der Waals surface area contributed by atoms with Crippen molar-refractivity contribution < 1.29 is 18.0 Å². The maximum absolute atomic E-state index is 12.9. The van der Waals surface area contributed by atoms with Gasteiger partial charge in [-0.3, -0.25) is 9.59 Å². The van der Waals surface area contributed by atoms with Gasteiger partial charge in [-0.1, -0.05) is 11.6 Å². The third kappa shape index (κ3) is 4.77. The molecule has 9 heteroatoms. The molecule has 0 unspecified atom stereocenters. The first-order chi connectivity index (χ1) is 13.7. The highest BCUT2D eigenvalue weighted by Crippen LogP contribution is 2.30. The summed E-state index contributed by atoms with van der Waals surface area (Å²) in [7, 11) is -2.50.